The Hall–Kier alpha value is -3.07. The molecule has 10 heteroatoms. The van der Waals surface area contributed by atoms with Crippen LogP contribution in [0, 0.1) is 0 Å². The molecule has 0 fully saturated rings. The van der Waals surface area contributed by atoms with Gasteiger partial charge in [0.25, 0.3) is 7.82 Å². The fraction of sp³-hybridized carbons (Fsp3) is 0.743. The maximum Gasteiger partial charge on any atom is 0.306 e. The van der Waals surface area contributed by atoms with E-state index in [2.05, 4.69) is 111 Å². The number of phosphoric acid groups is 1. The highest BCUT2D eigenvalue weighted by atomic mass is 31.2. The van der Waals surface area contributed by atoms with Gasteiger partial charge >= 0.3 is 11.9 Å². The fourth-order valence-electron chi connectivity index (χ4n) is 9.04. The highest BCUT2D eigenvalue weighted by molar-refractivity contribution is 7.45. The van der Waals surface area contributed by atoms with Gasteiger partial charge in [0.1, 0.15) is 19.8 Å². The van der Waals surface area contributed by atoms with Gasteiger partial charge in [-0.05, 0) is 96.3 Å². The molecule has 0 spiro atoms. The molecule has 0 bridgehead atoms. The van der Waals surface area contributed by atoms with E-state index in [0.29, 0.717) is 17.4 Å². The molecular weight excluding hydrogens is 1010 g/mol. The van der Waals surface area contributed by atoms with Crippen molar-refractivity contribution in [2.75, 3.05) is 47.5 Å². The Labute approximate surface area is 493 Å². The molecular formula is C70H124NO8P. The lowest BCUT2D eigenvalue weighted by Gasteiger charge is -2.28. The number of phosphoric ester groups is 1. The number of quaternary nitrogens is 1. The van der Waals surface area contributed by atoms with Crippen molar-refractivity contribution in [3.63, 3.8) is 0 Å². The summed E-state index contributed by atoms with van der Waals surface area (Å²) in [6.07, 6.45) is 83.2. The normalized spacial score (nSPS) is 13.8. The first-order valence-electron chi connectivity index (χ1n) is 32.9. The van der Waals surface area contributed by atoms with Gasteiger partial charge in [0.15, 0.2) is 6.10 Å². The minimum atomic E-state index is -4.65. The summed E-state index contributed by atoms with van der Waals surface area (Å²) >= 11 is 0. The molecule has 2 atom stereocenters. The zero-order chi connectivity index (χ0) is 58.4. The third kappa shape index (κ3) is 64.1. The van der Waals surface area contributed by atoms with Crippen LogP contribution in [0.1, 0.15) is 284 Å². The van der Waals surface area contributed by atoms with Crippen molar-refractivity contribution in [2.24, 2.45) is 0 Å². The Kier molecular flexibility index (Phi) is 58.2. The van der Waals surface area contributed by atoms with E-state index < -0.39 is 26.5 Å². The lowest BCUT2D eigenvalue weighted by molar-refractivity contribution is -0.870. The van der Waals surface area contributed by atoms with E-state index in [4.69, 9.17) is 18.5 Å². The summed E-state index contributed by atoms with van der Waals surface area (Å²) in [6, 6.07) is 0. The van der Waals surface area contributed by atoms with E-state index in [9.17, 15) is 19.0 Å². The molecule has 0 aromatic heterocycles. The number of rotatable bonds is 60. The van der Waals surface area contributed by atoms with Gasteiger partial charge in [-0.3, -0.25) is 14.2 Å². The first-order chi connectivity index (χ1) is 39.0. The van der Waals surface area contributed by atoms with Gasteiger partial charge in [-0.1, -0.05) is 272 Å². The second-order valence-electron chi connectivity index (χ2n) is 23.1. The molecule has 0 rings (SSSR count). The van der Waals surface area contributed by atoms with Crippen LogP contribution in [0.5, 0.6) is 0 Å². The number of hydrogen-bond donors (Lipinski definition) is 0. The number of carbonyl (C=O) groups is 2. The summed E-state index contributed by atoms with van der Waals surface area (Å²) in [6.45, 7) is 4.13. The van der Waals surface area contributed by atoms with E-state index in [1.54, 1.807) is 0 Å². The van der Waals surface area contributed by atoms with Gasteiger partial charge in [0.2, 0.25) is 0 Å². The standard InChI is InChI=1S/C70H124NO8P/c1-6-8-10-12-14-16-18-20-22-24-26-28-30-32-33-34-35-36-37-39-41-43-45-47-49-51-53-55-57-59-61-63-70(73)79-68(67-78-80(74,75)77-65-64-71(3,4)5)66-76-69(72)62-60-58-56-54-52-50-48-46-44-42-40-38-31-29-27-25-23-21-19-17-15-13-11-9-7-2/h8,10,14,16,19-22,25-28,32-33,35-36,68H,6-7,9,11-13,15,17-18,23-24,29-31,34,37-67H2,1-5H3/b10-8-,16-14-,21-19-,22-20-,27-25-,28-26-,33-32-,36-35-. The summed E-state index contributed by atoms with van der Waals surface area (Å²) in [5.74, 6) is -0.832. The molecule has 0 radical (unpaired) electrons. The summed E-state index contributed by atoms with van der Waals surface area (Å²) in [5, 5.41) is 0. The summed E-state index contributed by atoms with van der Waals surface area (Å²) in [7, 11) is 1.16. The zero-order valence-corrected chi connectivity index (χ0v) is 53.4. The second-order valence-corrected chi connectivity index (χ2v) is 24.5. The summed E-state index contributed by atoms with van der Waals surface area (Å²) in [5.41, 5.74) is 0. The average Bonchev–Trinajstić information content (AvgIpc) is 3.42. The van der Waals surface area contributed by atoms with Crippen molar-refractivity contribution in [3.8, 4) is 0 Å². The molecule has 0 amide bonds. The van der Waals surface area contributed by atoms with Crippen LogP contribution < -0.4 is 4.89 Å². The molecule has 0 N–H and O–H groups in total. The minimum absolute atomic E-state index is 0.0343. The van der Waals surface area contributed by atoms with Crippen molar-refractivity contribution in [2.45, 2.75) is 290 Å². The van der Waals surface area contributed by atoms with Crippen molar-refractivity contribution >= 4 is 19.8 Å². The Morgan fingerprint density at radius 1 is 0.400 bits per heavy atom. The van der Waals surface area contributed by atoms with Crippen molar-refractivity contribution < 1.29 is 42.1 Å². The molecule has 0 saturated heterocycles. The van der Waals surface area contributed by atoms with Crippen LogP contribution in [0.4, 0.5) is 0 Å². The second kappa shape index (κ2) is 60.5. The maximum atomic E-state index is 12.8. The van der Waals surface area contributed by atoms with Gasteiger partial charge in [0.05, 0.1) is 27.7 Å². The van der Waals surface area contributed by atoms with Crippen LogP contribution in [0.15, 0.2) is 97.2 Å². The molecule has 0 aromatic carbocycles. The van der Waals surface area contributed by atoms with E-state index in [1.165, 1.54) is 167 Å². The van der Waals surface area contributed by atoms with Gasteiger partial charge in [-0.25, -0.2) is 0 Å². The summed E-state index contributed by atoms with van der Waals surface area (Å²) < 4.78 is 34.3. The maximum absolute atomic E-state index is 12.8. The molecule has 2 unspecified atom stereocenters. The third-order valence-electron chi connectivity index (χ3n) is 14.1. The van der Waals surface area contributed by atoms with Gasteiger partial charge in [-0.2, -0.15) is 0 Å². The molecule has 0 saturated carbocycles. The largest absolute Gasteiger partial charge is 0.756 e. The fourth-order valence-corrected chi connectivity index (χ4v) is 9.77. The number of allylic oxidation sites excluding steroid dienone is 16. The SMILES string of the molecule is CC/C=C\C/C=C\C/C=C\C/C=C\C/C=C\C/C=C\CCCCCCCCCCCCCCC(=O)OC(COC(=O)CCCCCCCCCCCCCCC/C=C\C/C=C\CCCCCCC)COP(=O)([O-])OCC[N+](C)(C)C. The zero-order valence-electron chi connectivity index (χ0n) is 52.5. The van der Waals surface area contributed by atoms with Crippen LogP contribution in [0.25, 0.3) is 0 Å². The van der Waals surface area contributed by atoms with Crippen LogP contribution in [-0.2, 0) is 32.7 Å². The molecule has 0 aliphatic carbocycles. The number of carbonyl (C=O) groups excluding carboxylic acids is 2. The van der Waals surface area contributed by atoms with Crippen LogP contribution in [0.2, 0.25) is 0 Å². The summed E-state index contributed by atoms with van der Waals surface area (Å²) in [4.78, 5) is 38.0. The van der Waals surface area contributed by atoms with E-state index in [-0.39, 0.29) is 32.0 Å². The first-order valence-corrected chi connectivity index (χ1v) is 34.4. The van der Waals surface area contributed by atoms with Gasteiger partial charge < -0.3 is 27.9 Å². The molecule has 80 heavy (non-hydrogen) atoms. The Morgan fingerprint density at radius 3 is 1.06 bits per heavy atom. The van der Waals surface area contributed by atoms with Crippen LogP contribution in [-0.4, -0.2) is 70.0 Å². The van der Waals surface area contributed by atoms with Gasteiger partial charge in [0, 0.05) is 12.8 Å². The first kappa shape index (κ1) is 76.9. The molecule has 0 heterocycles. The number of nitrogens with zero attached hydrogens (tertiary/aromatic N) is 1. The van der Waals surface area contributed by atoms with Crippen molar-refractivity contribution in [1.82, 2.24) is 0 Å². The highest BCUT2D eigenvalue weighted by Crippen LogP contribution is 2.38. The third-order valence-corrected chi connectivity index (χ3v) is 15.1. The van der Waals surface area contributed by atoms with Crippen LogP contribution >= 0.6 is 7.82 Å². The highest BCUT2D eigenvalue weighted by Gasteiger charge is 2.22. The van der Waals surface area contributed by atoms with Crippen molar-refractivity contribution in [3.05, 3.63) is 97.2 Å². The molecule has 0 aliphatic heterocycles. The number of esters is 2. The Bertz CT molecular complexity index is 1670. The van der Waals surface area contributed by atoms with Crippen molar-refractivity contribution in [1.29, 1.82) is 0 Å². The number of likely N-dealkylation sites (N-methyl/N-ethyl adjacent to an activating group) is 1. The Balaban J connectivity index is 4.10. The lowest BCUT2D eigenvalue weighted by Crippen LogP contribution is -2.37. The number of ether oxygens (including phenoxy) is 2. The van der Waals surface area contributed by atoms with E-state index >= 15 is 0 Å². The van der Waals surface area contributed by atoms with E-state index in [0.717, 1.165) is 83.5 Å². The quantitative estimate of drug-likeness (QED) is 0.0195. The predicted octanol–water partition coefficient (Wildman–Crippen LogP) is 20.5. The van der Waals surface area contributed by atoms with E-state index in [1.807, 2.05) is 21.1 Å². The predicted molar refractivity (Wildman–Crippen MR) is 342 cm³/mol. The average molecular weight is 1140 g/mol. The molecule has 9 nitrogen and oxygen atoms in total. The molecule has 462 valence electrons. The number of unbranched alkanes of at least 4 members (excludes halogenated alkanes) is 30. The Morgan fingerprint density at radius 2 is 0.713 bits per heavy atom. The van der Waals surface area contributed by atoms with Gasteiger partial charge in [-0.15, -0.1) is 0 Å². The minimum Gasteiger partial charge on any atom is -0.756 e. The molecule has 0 aliphatic rings. The number of hydrogen-bond acceptors (Lipinski definition) is 8. The lowest BCUT2D eigenvalue weighted by atomic mass is 10.0. The van der Waals surface area contributed by atoms with Crippen LogP contribution in [0.3, 0.4) is 0 Å². The monoisotopic (exact) mass is 1140 g/mol. The topological polar surface area (TPSA) is 111 Å². The molecule has 0 aromatic rings. The smallest absolute Gasteiger partial charge is 0.306 e.